The minimum Gasteiger partial charge on any atom is -0.396 e. The quantitative estimate of drug-likeness (QED) is 0.733. The second-order valence-corrected chi connectivity index (χ2v) is 6.40. The largest absolute Gasteiger partial charge is 0.396 e. The van der Waals surface area contributed by atoms with Gasteiger partial charge in [-0.25, -0.2) is 0 Å². The fourth-order valence-electron chi connectivity index (χ4n) is 2.99. The molecule has 1 aliphatic rings. The number of nitrogens with one attached hydrogen (secondary N) is 1. The first-order valence-corrected chi connectivity index (χ1v) is 7.59. The molecule has 0 spiro atoms. The van der Waals surface area contributed by atoms with Crippen LogP contribution in [-0.2, 0) is 0 Å². The van der Waals surface area contributed by atoms with Gasteiger partial charge in [-0.1, -0.05) is 27.2 Å². The molecular weight excluding hydrogens is 224 g/mol. The van der Waals surface area contributed by atoms with Crippen molar-refractivity contribution >= 4 is 0 Å². The molecule has 2 N–H and O–H groups in total. The highest BCUT2D eigenvalue weighted by atomic mass is 16.3. The SMILES string of the molecule is CCNC(C)C(C)(C)CN1CCCCC1CCO. The van der Waals surface area contributed by atoms with Crippen LogP contribution in [0.1, 0.15) is 53.4 Å². The highest BCUT2D eigenvalue weighted by Crippen LogP contribution is 2.27. The van der Waals surface area contributed by atoms with Crippen molar-refractivity contribution in [3.63, 3.8) is 0 Å². The Hall–Kier alpha value is -0.120. The maximum atomic E-state index is 9.19. The van der Waals surface area contributed by atoms with E-state index < -0.39 is 0 Å². The molecule has 1 heterocycles. The van der Waals surface area contributed by atoms with Crippen molar-refractivity contribution < 1.29 is 5.11 Å². The van der Waals surface area contributed by atoms with Crippen LogP contribution >= 0.6 is 0 Å². The van der Waals surface area contributed by atoms with Crippen LogP contribution in [0, 0.1) is 5.41 Å². The van der Waals surface area contributed by atoms with Crippen LogP contribution in [0.25, 0.3) is 0 Å². The van der Waals surface area contributed by atoms with Crippen LogP contribution in [-0.4, -0.2) is 48.3 Å². The van der Waals surface area contributed by atoms with Crippen molar-refractivity contribution in [2.24, 2.45) is 5.41 Å². The van der Waals surface area contributed by atoms with E-state index in [1.165, 1.54) is 25.8 Å². The van der Waals surface area contributed by atoms with Crippen molar-refractivity contribution in [1.29, 1.82) is 0 Å². The van der Waals surface area contributed by atoms with Gasteiger partial charge in [-0.3, -0.25) is 4.90 Å². The molecule has 0 amide bonds. The Labute approximate surface area is 113 Å². The maximum absolute atomic E-state index is 9.19. The zero-order chi connectivity index (χ0) is 13.6. The lowest BCUT2D eigenvalue weighted by molar-refractivity contribution is 0.0654. The zero-order valence-corrected chi connectivity index (χ0v) is 12.7. The molecule has 1 rings (SSSR count). The minimum absolute atomic E-state index is 0.279. The van der Waals surface area contributed by atoms with Gasteiger partial charge in [-0.2, -0.15) is 0 Å². The van der Waals surface area contributed by atoms with Crippen molar-refractivity contribution in [2.75, 3.05) is 26.2 Å². The van der Waals surface area contributed by atoms with Gasteiger partial charge < -0.3 is 10.4 Å². The van der Waals surface area contributed by atoms with E-state index in [0.29, 0.717) is 18.7 Å². The number of aliphatic hydroxyl groups is 1. The Morgan fingerprint density at radius 2 is 2.11 bits per heavy atom. The number of aliphatic hydroxyl groups excluding tert-OH is 1. The summed E-state index contributed by atoms with van der Waals surface area (Å²) >= 11 is 0. The van der Waals surface area contributed by atoms with Gasteiger partial charge in [0.2, 0.25) is 0 Å². The Balaban J connectivity index is 2.56. The van der Waals surface area contributed by atoms with Crippen molar-refractivity contribution in [1.82, 2.24) is 10.2 Å². The van der Waals surface area contributed by atoms with E-state index in [-0.39, 0.29) is 5.41 Å². The predicted octanol–water partition coefficient (Wildman–Crippen LogP) is 2.25. The van der Waals surface area contributed by atoms with E-state index in [1.807, 2.05) is 0 Å². The van der Waals surface area contributed by atoms with E-state index in [1.54, 1.807) is 0 Å². The van der Waals surface area contributed by atoms with Crippen LogP contribution in [0.5, 0.6) is 0 Å². The second-order valence-electron chi connectivity index (χ2n) is 6.40. The first-order chi connectivity index (χ1) is 8.51. The first kappa shape index (κ1) is 15.9. The molecule has 18 heavy (non-hydrogen) atoms. The lowest BCUT2D eigenvalue weighted by atomic mass is 9.83. The lowest BCUT2D eigenvalue weighted by Crippen LogP contribution is -2.51. The standard InChI is InChI=1S/C15H32N2O/c1-5-16-13(2)15(3,4)12-17-10-7-6-8-14(17)9-11-18/h13-14,16,18H,5-12H2,1-4H3. The molecule has 0 aliphatic carbocycles. The van der Waals surface area contributed by atoms with Crippen molar-refractivity contribution in [3.05, 3.63) is 0 Å². The van der Waals surface area contributed by atoms with Crippen LogP contribution in [0.2, 0.25) is 0 Å². The van der Waals surface area contributed by atoms with Crippen molar-refractivity contribution in [3.8, 4) is 0 Å². The molecule has 0 aromatic carbocycles. The number of hydrogen-bond donors (Lipinski definition) is 2. The average Bonchev–Trinajstić information content (AvgIpc) is 2.32. The average molecular weight is 256 g/mol. The molecule has 3 nitrogen and oxygen atoms in total. The third kappa shape index (κ3) is 4.52. The highest BCUT2D eigenvalue weighted by molar-refractivity contribution is 4.87. The van der Waals surface area contributed by atoms with Gasteiger partial charge in [0.25, 0.3) is 0 Å². The zero-order valence-electron chi connectivity index (χ0n) is 12.7. The molecule has 1 fully saturated rings. The summed E-state index contributed by atoms with van der Waals surface area (Å²) in [5.41, 5.74) is 0.279. The van der Waals surface area contributed by atoms with Crippen LogP contribution in [0.15, 0.2) is 0 Å². The highest BCUT2D eigenvalue weighted by Gasteiger charge is 2.31. The molecule has 2 unspecified atom stereocenters. The van der Waals surface area contributed by atoms with Gasteiger partial charge in [0, 0.05) is 25.2 Å². The molecule has 0 saturated carbocycles. The summed E-state index contributed by atoms with van der Waals surface area (Å²) in [6.45, 7) is 12.8. The van der Waals surface area contributed by atoms with E-state index >= 15 is 0 Å². The lowest BCUT2D eigenvalue weighted by Gasteiger charge is -2.43. The van der Waals surface area contributed by atoms with E-state index in [4.69, 9.17) is 0 Å². The molecule has 0 aromatic rings. The van der Waals surface area contributed by atoms with Crippen molar-refractivity contribution in [2.45, 2.75) is 65.5 Å². The van der Waals surface area contributed by atoms with Crippen LogP contribution < -0.4 is 5.32 Å². The number of nitrogens with zero attached hydrogens (tertiary/aromatic N) is 1. The second kappa shape index (κ2) is 7.46. The molecule has 2 atom stereocenters. The summed E-state index contributed by atoms with van der Waals surface area (Å²) in [5, 5.41) is 12.7. The van der Waals surface area contributed by atoms with Gasteiger partial charge in [0.05, 0.1) is 0 Å². The van der Waals surface area contributed by atoms with Crippen LogP contribution in [0.3, 0.4) is 0 Å². The smallest absolute Gasteiger partial charge is 0.0445 e. The van der Waals surface area contributed by atoms with Gasteiger partial charge in [0.15, 0.2) is 0 Å². The maximum Gasteiger partial charge on any atom is 0.0445 e. The number of hydrogen-bond acceptors (Lipinski definition) is 3. The van der Waals surface area contributed by atoms with Gasteiger partial charge >= 0.3 is 0 Å². The van der Waals surface area contributed by atoms with E-state index in [9.17, 15) is 5.11 Å². The molecule has 0 bridgehead atoms. The van der Waals surface area contributed by atoms with E-state index in [2.05, 4.69) is 37.9 Å². The summed E-state index contributed by atoms with van der Waals surface area (Å²) in [4.78, 5) is 2.60. The predicted molar refractivity (Wildman–Crippen MR) is 77.8 cm³/mol. The van der Waals surface area contributed by atoms with Crippen LogP contribution in [0.4, 0.5) is 0 Å². The monoisotopic (exact) mass is 256 g/mol. The summed E-state index contributed by atoms with van der Waals surface area (Å²) < 4.78 is 0. The molecule has 0 radical (unpaired) electrons. The minimum atomic E-state index is 0.279. The Bertz CT molecular complexity index is 229. The fourth-order valence-corrected chi connectivity index (χ4v) is 2.99. The number of likely N-dealkylation sites (tertiary alicyclic amines) is 1. The van der Waals surface area contributed by atoms with Gasteiger partial charge in [-0.15, -0.1) is 0 Å². The topological polar surface area (TPSA) is 35.5 Å². The summed E-state index contributed by atoms with van der Waals surface area (Å²) in [6, 6.07) is 1.12. The molecule has 1 aliphatic heterocycles. The van der Waals surface area contributed by atoms with E-state index in [0.717, 1.165) is 19.5 Å². The Kier molecular flexibility index (Phi) is 6.61. The number of rotatable bonds is 7. The van der Waals surface area contributed by atoms with Gasteiger partial charge in [0.1, 0.15) is 0 Å². The first-order valence-electron chi connectivity index (χ1n) is 7.59. The molecule has 3 heteroatoms. The summed E-state index contributed by atoms with van der Waals surface area (Å²) in [6.07, 6.45) is 4.83. The molecule has 108 valence electrons. The third-order valence-electron chi connectivity index (χ3n) is 4.50. The third-order valence-corrected chi connectivity index (χ3v) is 4.50. The van der Waals surface area contributed by atoms with Gasteiger partial charge in [-0.05, 0) is 44.7 Å². The summed E-state index contributed by atoms with van der Waals surface area (Å²) in [5.74, 6) is 0. The molecule has 0 aromatic heterocycles. The molecular formula is C15H32N2O. The number of piperidine rings is 1. The Morgan fingerprint density at radius 3 is 2.72 bits per heavy atom. The normalized spacial score (nSPS) is 24.2. The molecule has 1 saturated heterocycles. The Morgan fingerprint density at radius 1 is 1.39 bits per heavy atom. The fraction of sp³-hybridized carbons (Fsp3) is 1.00. The summed E-state index contributed by atoms with van der Waals surface area (Å²) in [7, 11) is 0.